The molecule has 3 unspecified atom stereocenters. The van der Waals surface area contributed by atoms with E-state index in [0.29, 0.717) is 12.3 Å². The van der Waals surface area contributed by atoms with Gasteiger partial charge in [0.15, 0.2) is 0 Å². The molecule has 0 radical (unpaired) electrons. The Kier molecular flexibility index (Phi) is 8.13. The number of hydrogen-bond acceptors (Lipinski definition) is 4. The Morgan fingerprint density at radius 1 is 1.00 bits per heavy atom. The maximum absolute atomic E-state index is 13.0. The summed E-state index contributed by atoms with van der Waals surface area (Å²) in [6, 6.07) is 13.6. The van der Waals surface area contributed by atoms with Gasteiger partial charge in [0.05, 0.1) is 11.7 Å². The fourth-order valence-electron chi connectivity index (χ4n) is 3.90. The molecule has 2 amide bonds. The predicted octanol–water partition coefficient (Wildman–Crippen LogP) is 2.79. The summed E-state index contributed by atoms with van der Waals surface area (Å²) in [6.45, 7) is 0.578. The molecule has 1 aliphatic rings. The quantitative estimate of drug-likeness (QED) is 0.416. The molecule has 160 valence electrons. The van der Waals surface area contributed by atoms with E-state index in [1.54, 1.807) is 4.90 Å². The number of nitrogens with two attached hydrogens (primary N) is 1. The minimum Gasteiger partial charge on any atom is -0.370 e. The fourth-order valence-corrected chi connectivity index (χ4v) is 5.67. The molecule has 1 aliphatic heterocycles. The van der Waals surface area contributed by atoms with Gasteiger partial charge in [0, 0.05) is 36.2 Å². The lowest BCUT2D eigenvalue weighted by molar-refractivity contribution is -0.152. The number of carbonyl (C=O) groups is 2. The first-order valence-corrected chi connectivity index (χ1v) is 11.8. The van der Waals surface area contributed by atoms with Crippen LogP contribution >= 0.6 is 0 Å². The van der Waals surface area contributed by atoms with Crippen molar-refractivity contribution >= 4 is 22.6 Å². The first-order chi connectivity index (χ1) is 14.6. The monoisotopic (exact) mass is 427 g/mol. The molecule has 3 atom stereocenters. The van der Waals surface area contributed by atoms with E-state index < -0.39 is 28.0 Å². The van der Waals surface area contributed by atoms with Crippen LogP contribution in [0.3, 0.4) is 0 Å². The molecule has 2 aromatic rings. The molecule has 3 rings (SSSR count). The summed E-state index contributed by atoms with van der Waals surface area (Å²) >= 11 is 0. The van der Waals surface area contributed by atoms with E-state index in [4.69, 9.17) is 5.73 Å². The largest absolute Gasteiger partial charge is 0.370 e. The van der Waals surface area contributed by atoms with E-state index in [1.807, 2.05) is 54.9 Å². The Morgan fingerprint density at radius 2 is 1.70 bits per heavy atom. The normalized spacial score (nSPS) is 19.3. The molecule has 0 saturated carbocycles. The van der Waals surface area contributed by atoms with Crippen molar-refractivity contribution in [1.29, 1.82) is 0 Å². The third-order valence-electron chi connectivity index (χ3n) is 5.46. The van der Waals surface area contributed by atoms with Gasteiger partial charge in [-0.15, -0.1) is 0 Å². The maximum Gasteiger partial charge on any atom is 0.230 e. The number of nitrogens with zero attached hydrogens (tertiary/aromatic N) is 2. The Hall–Kier alpha value is -2.54. The van der Waals surface area contributed by atoms with Crippen LogP contribution in [0.5, 0.6) is 0 Å². The Morgan fingerprint density at radius 3 is 2.40 bits per heavy atom. The van der Waals surface area contributed by atoms with E-state index in [1.165, 1.54) is 5.56 Å². The number of rotatable bonds is 12. The molecule has 2 N–H and O–H groups in total. The number of likely N-dealkylation sites (tertiary alicyclic amines) is 1. The van der Waals surface area contributed by atoms with Gasteiger partial charge in [0.1, 0.15) is 5.37 Å². The lowest BCUT2D eigenvalue weighted by atomic mass is 9.93. The fraction of sp³-hybridized carbons (Fsp3) is 0.435. The second kappa shape index (κ2) is 11.0. The molecule has 2 heterocycles. The van der Waals surface area contributed by atoms with Gasteiger partial charge < -0.3 is 10.6 Å². The zero-order valence-electron chi connectivity index (χ0n) is 17.1. The molecular formula is C23H29N3O3S. The summed E-state index contributed by atoms with van der Waals surface area (Å²) in [5.74, 6) is -0.808. The van der Waals surface area contributed by atoms with E-state index in [2.05, 4.69) is 4.98 Å². The van der Waals surface area contributed by atoms with Crippen molar-refractivity contribution in [3.8, 4) is 0 Å². The smallest absolute Gasteiger partial charge is 0.230 e. The number of hydrogen-bond donors (Lipinski definition) is 1. The summed E-state index contributed by atoms with van der Waals surface area (Å²) in [5, 5.41) is -0.429. The maximum atomic E-state index is 13.0. The van der Waals surface area contributed by atoms with Crippen molar-refractivity contribution in [2.75, 3.05) is 6.54 Å². The lowest BCUT2D eigenvalue weighted by Crippen LogP contribution is -2.63. The number of carbonyl (C=O) groups excluding carboxylic acids is 2. The van der Waals surface area contributed by atoms with Crippen LogP contribution in [-0.4, -0.2) is 37.8 Å². The zero-order chi connectivity index (χ0) is 21.3. The summed E-state index contributed by atoms with van der Waals surface area (Å²) in [7, 11) is -1.27. The number of pyridine rings is 1. The van der Waals surface area contributed by atoms with Crippen LogP contribution in [0.4, 0.5) is 0 Å². The van der Waals surface area contributed by atoms with Crippen molar-refractivity contribution in [2.24, 2.45) is 11.7 Å². The number of amides is 2. The Balaban J connectivity index is 1.48. The lowest BCUT2D eigenvalue weighted by Gasteiger charge is -2.46. The molecule has 1 fully saturated rings. The van der Waals surface area contributed by atoms with Crippen molar-refractivity contribution in [2.45, 2.75) is 49.7 Å². The molecule has 30 heavy (non-hydrogen) atoms. The van der Waals surface area contributed by atoms with Crippen molar-refractivity contribution in [3.63, 3.8) is 0 Å². The van der Waals surface area contributed by atoms with Crippen LogP contribution in [0.2, 0.25) is 0 Å². The Bertz CT molecular complexity index is 861. The molecular weight excluding hydrogens is 398 g/mol. The first-order valence-electron chi connectivity index (χ1n) is 10.4. The van der Waals surface area contributed by atoms with Crippen LogP contribution in [0, 0.1) is 5.92 Å². The van der Waals surface area contributed by atoms with Gasteiger partial charge in [-0.1, -0.05) is 43.2 Å². The molecule has 1 aromatic heterocycles. The van der Waals surface area contributed by atoms with Gasteiger partial charge in [-0.25, -0.2) is 0 Å². The summed E-state index contributed by atoms with van der Waals surface area (Å²) in [4.78, 5) is 29.6. The molecule has 1 saturated heterocycles. The van der Waals surface area contributed by atoms with Crippen molar-refractivity contribution in [1.82, 2.24) is 9.88 Å². The van der Waals surface area contributed by atoms with E-state index in [0.717, 1.165) is 37.7 Å². The average molecular weight is 428 g/mol. The van der Waals surface area contributed by atoms with Gasteiger partial charge in [-0.2, -0.15) is 0 Å². The van der Waals surface area contributed by atoms with Gasteiger partial charge in [0.2, 0.25) is 11.8 Å². The minimum absolute atomic E-state index is 0.0353. The SMILES string of the molecule is NC(=O)CC1C(=O)N(CCCCCCc2ccncc2)C1S(=O)Cc1ccccc1. The van der Waals surface area contributed by atoms with E-state index >= 15 is 0 Å². The zero-order valence-corrected chi connectivity index (χ0v) is 17.9. The van der Waals surface area contributed by atoms with E-state index in [9.17, 15) is 13.8 Å². The number of primary amides is 1. The number of unbranched alkanes of at least 4 members (excludes halogenated alkanes) is 3. The summed E-state index contributed by atoms with van der Waals surface area (Å²) < 4.78 is 13.0. The van der Waals surface area contributed by atoms with Crippen molar-refractivity contribution in [3.05, 3.63) is 66.0 Å². The third kappa shape index (κ3) is 5.98. The molecule has 0 aliphatic carbocycles. The van der Waals surface area contributed by atoms with Crippen LogP contribution < -0.4 is 5.73 Å². The molecule has 7 heteroatoms. The van der Waals surface area contributed by atoms with Crippen molar-refractivity contribution < 1.29 is 13.8 Å². The molecule has 1 aromatic carbocycles. The highest BCUT2D eigenvalue weighted by molar-refractivity contribution is 7.85. The highest BCUT2D eigenvalue weighted by atomic mass is 32.2. The first kappa shape index (κ1) is 22.2. The number of β-lactam (4-membered cyclic amide) rings is 1. The van der Waals surface area contributed by atoms with Crippen LogP contribution in [0.1, 0.15) is 43.2 Å². The number of aromatic nitrogens is 1. The third-order valence-corrected chi connectivity index (χ3v) is 7.20. The summed E-state index contributed by atoms with van der Waals surface area (Å²) in [5.41, 5.74) is 7.56. The molecule has 6 nitrogen and oxygen atoms in total. The number of aryl methyl sites for hydroxylation is 1. The van der Waals surface area contributed by atoms with Gasteiger partial charge in [-0.3, -0.25) is 18.8 Å². The second-order valence-electron chi connectivity index (χ2n) is 7.73. The number of benzene rings is 1. The predicted molar refractivity (Wildman–Crippen MR) is 117 cm³/mol. The topological polar surface area (TPSA) is 93.4 Å². The molecule has 0 bridgehead atoms. The minimum atomic E-state index is -1.27. The van der Waals surface area contributed by atoms with Gasteiger partial charge in [0.25, 0.3) is 0 Å². The highest BCUT2D eigenvalue weighted by Gasteiger charge is 2.50. The van der Waals surface area contributed by atoms with Crippen LogP contribution in [0.25, 0.3) is 0 Å². The van der Waals surface area contributed by atoms with Crippen LogP contribution in [-0.2, 0) is 32.6 Å². The highest BCUT2D eigenvalue weighted by Crippen LogP contribution is 2.33. The van der Waals surface area contributed by atoms with E-state index in [-0.39, 0.29) is 12.3 Å². The van der Waals surface area contributed by atoms with Crippen LogP contribution in [0.15, 0.2) is 54.9 Å². The second-order valence-corrected chi connectivity index (χ2v) is 9.26. The van der Waals surface area contributed by atoms with Gasteiger partial charge in [-0.05, 0) is 42.5 Å². The standard InChI is InChI=1S/C23H29N3O3S/c24-21(27)16-20-22(28)26(23(20)30(29)17-19-9-5-3-6-10-19)15-7-2-1-4-8-18-11-13-25-14-12-18/h3,5-6,9-14,20,23H,1-2,4,7-8,15-17H2,(H2,24,27). The summed E-state index contributed by atoms with van der Waals surface area (Å²) in [6.07, 6.45) is 8.64. The Labute approximate surface area is 180 Å². The molecule has 0 spiro atoms. The average Bonchev–Trinajstić information content (AvgIpc) is 2.75. The van der Waals surface area contributed by atoms with Gasteiger partial charge >= 0.3 is 0 Å².